The maximum atomic E-state index is 6.19. The van der Waals surface area contributed by atoms with E-state index in [0.717, 1.165) is 24.4 Å². The van der Waals surface area contributed by atoms with E-state index < -0.39 is 0 Å². The Kier molecular flexibility index (Phi) is 4.88. The van der Waals surface area contributed by atoms with E-state index in [1.165, 1.54) is 4.88 Å². The van der Waals surface area contributed by atoms with E-state index in [4.69, 9.17) is 17.3 Å². The van der Waals surface area contributed by atoms with Gasteiger partial charge in [-0.15, -0.1) is 11.3 Å². The summed E-state index contributed by atoms with van der Waals surface area (Å²) in [5, 5.41) is 0.769. The zero-order chi connectivity index (χ0) is 12.4. The standard InChI is InChI=1S/C12H10BrClINS/c13-12-4-2-8(17-12)6-11(16)7-1-3-10(15)9(14)5-7/h1-5,11H,6,16H2. The molecule has 2 N–H and O–H groups in total. The second kappa shape index (κ2) is 6.02. The van der Waals surface area contributed by atoms with Crippen molar-refractivity contribution >= 4 is 61.5 Å². The molecule has 1 unspecified atom stereocenters. The van der Waals surface area contributed by atoms with Crippen LogP contribution in [0.5, 0.6) is 0 Å². The predicted octanol–water partition coefficient (Wildman–Crippen LogP) is 5.01. The van der Waals surface area contributed by atoms with Crippen LogP contribution in [-0.4, -0.2) is 0 Å². The fourth-order valence-electron chi connectivity index (χ4n) is 1.54. The van der Waals surface area contributed by atoms with Gasteiger partial charge in [-0.05, 0) is 68.3 Å². The Morgan fingerprint density at radius 2 is 2.12 bits per heavy atom. The van der Waals surface area contributed by atoms with Crippen LogP contribution in [0.3, 0.4) is 0 Å². The van der Waals surface area contributed by atoms with E-state index in [-0.39, 0.29) is 6.04 Å². The molecule has 2 rings (SSSR count). The van der Waals surface area contributed by atoms with Gasteiger partial charge in [-0.3, -0.25) is 0 Å². The summed E-state index contributed by atoms with van der Waals surface area (Å²) >= 11 is 13.5. The third-order valence-corrected chi connectivity index (χ3v) is 5.64. The molecule has 0 fully saturated rings. The minimum atomic E-state index is -0.00458. The minimum Gasteiger partial charge on any atom is -0.324 e. The Morgan fingerprint density at radius 3 is 2.71 bits per heavy atom. The minimum absolute atomic E-state index is 0.00458. The van der Waals surface area contributed by atoms with Crippen LogP contribution >= 0.6 is 61.5 Å². The lowest BCUT2D eigenvalue weighted by Gasteiger charge is -2.11. The Morgan fingerprint density at radius 1 is 1.35 bits per heavy atom. The van der Waals surface area contributed by atoms with Gasteiger partial charge in [-0.1, -0.05) is 17.7 Å². The first-order valence-corrected chi connectivity index (χ1v) is 8.07. The van der Waals surface area contributed by atoms with Gasteiger partial charge < -0.3 is 5.73 Å². The average molecular weight is 443 g/mol. The molecular formula is C12H10BrClINS. The Labute approximate surface area is 132 Å². The summed E-state index contributed by atoms with van der Waals surface area (Å²) in [5.41, 5.74) is 7.27. The number of halogens is 3. The molecule has 0 saturated carbocycles. The fraction of sp³-hybridized carbons (Fsp3) is 0.167. The van der Waals surface area contributed by atoms with Gasteiger partial charge in [0.05, 0.1) is 8.81 Å². The molecule has 1 aromatic heterocycles. The van der Waals surface area contributed by atoms with Crippen LogP contribution in [0.2, 0.25) is 5.02 Å². The lowest BCUT2D eigenvalue weighted by atomic mass is 10.0. The molecule has 90 valence electrons. The van der Waals surface area contributed by atoms with Gasteiger partial charge in [0.1, 0.15) is 0 Å². The van der Waals surface area contributed by atoms with Gasteiger partial charge in [0.25, 0.3) is 0 Å². The van der Waals surface area contributed by atoms with Crippen LogP contribution in [0, 0.1) is 3.57 Å². The molecule has 1 atom stereocenters. The first kappa shape index (κ1) is 13.8. The molecule has 1 heterocycles. The molecule has 0 aliphatic heterocycles. The molecule has 1 nitrogen and oxygen atoms in total. The number of rotatable bonds is 3. The lowest BCUT2D eigenvalue weighted by Crippen LogP contribution is -2.12. The van der Waals surface area contributed by atoms with Crippen LogP contribution in [0.15, 0.2) is 34.1 Å². The second-order valence-corrected chi connectivity index (χ2v) is 7.81. The molecule has 0 aliphatic carbocycles. The summed E-state index contributed by atoms with van der Waals surface area (Å²) < 4.78 is 2.19. The number of hydrogen-bond acceptors (Lipinski definition) is 2. The van der Waals surface area contributed by atoms with Crippen LogP contribution < -0.4 is 5.73 Å². The van der Waals surface area contributed by atoms with Crippen molar-refractivity contribution in [1.82, 2.24) is 0 Å². The van der Waals surface area contributed by atoms with Gasteiger partial charge in [0.15, 0.2) is 0 Å². The Hall–Kier alpha value is 0.380. The van der Waals surface area contributed by atoms with Crippen molar-refractivity contribution in [3.05, 3.63) is 53.2 Å². The summed E-state index contributed by atoms with van der Waals surface area (Å²) in [4.78, 5) is 1.28. The van der Waals surface area contributed by atoms with Crippen LogP contribution in [-0.2, 0) is 6.42 Å². The van der Waals surface area contributed by atoms with E-state index in [1.54, 1.807) is 11.3 Å². The van der Waals surface area contributed by atoms with Crippen molar-refractivity contribution < 1.29 is 0 Å². The number of hydrogen-bond donors (Lipinski definition) is 1. The number of benzene rings is 1. The summed E-state index contributed by atoms with van der Waals surface area (Å²) in [6, 6.07) is 10.1. The third-order valence-electron chi connectivity index (χ3n) is 2.42. The summed E-state index contributed by atoms with van der Waals surface area (Å²) in [5.74, 6) is 0. The van der Waals surface area contributed by atoms with Crippen molar-refractivity contribution in [2.75, 3.05) is 0 Å². The van der Waals surface area contributed by atoms with Crippen molar-refractivity contribution in [2.24, 2.45) is 5.73 Å². The average Bonchev–Trinajstić information content (AvgIpc) is 2.68. The molecule has 0 spiro atoms. The van der Waals surface area contributed by atoms with Crippen molar-refractivity contribution in [1.29, 1.82) is 0 Å². The van der Waals surface area contributed by atoms with E-state index in [1.807, 2.05) is 24.3 Å². The van der Waals surface area contributed by atoms with Crippen molar-refractivity contribution in [3.63, 3.8) is 0 Å². The smallest absolute Gasteiger partial charge is 0.0701 e. The van der Waals surface area contributed by atoms with Crippen LogP contribution in [0.4, 0.5) is 0 Å². The van der Waals surface area contributed by atoms with E-state index in [0.29, 0.717) is 0 Å². The first-order chi connectivity index (χ1) is 8.06. The molecule has 1 aromatic carbocycles. The zero-order valence-electron chi connectivity index (χ0n) is 8.79. The van der Waals surface area contributed by atoms with Crippen molar-refractivity contribution in [3.8, 4) is 0 Å². The van der Waals surface area contributed by atoms with Crippen LogP contribution in [0.1, 0.15) is 16.5 Å². The molecule has 5 heteroatoms. The van der Waals surface area contributed by atoms with Gasteiger partial charge in [0, 0.05) is 20.9 Å². The highest BCUT2D eigenvalue weighted by atomic mass is 127. The highest BCUT2D eigenvalue weighted by molar-refractivity contribution is 14.1. The van der Waals surface area contributed by atoms with E-state index in [9.17, 15) is 0 Å². The monoisotopic (exact) mass is 441 g/mol. The molecule has 0 amide bonds. The Bertz CT molecular complexity index is 529. The maximum absolute atomic E-state index is 6.19. The van der Waals surface area contributed by atoms with Crippen LogP contribution in [0.25, 0.3) is 0 Å². The predicted molar refractivity (Wildman–Crippen MR) is 86.8 cm³/mol. The van der Waals surface area contributed by atoms with Gasteiger partial charge in [-0.2, -0.15) is 0 Å². The molecule has 0 aliphatic rings. The number of nitrogens with two attached hydrogens (primary N) is 1. The Balaban J connectivity index is 2.14. The highest BCUT2D eigenvalue weighted by Gasteiger charge is 2.10. The highest BCUT2D eigenvalue weighted by Crippen LogP contribution is 2.28. The van der Waals surface area contributed by atoms with Gasteiger partial charge in [0.2, 0.25) is 0 Å². The number of thiophene rings is 1. The molecule has 17 heavy (non-hydrogen) atoms. The topological polar surface area (TPSA) is 26.0 Å². The third kappa shape index (κ3) is 3.67. The fourth-order valence-corrected chi connectivity index (χ4v) is 3.60. The van der Waals surface area contributed by atoms with E-state index >= 15 is 0 Å². The summed E-state index contributed by atoms with van der Waals surface area (Å²) in [6.45, 7) is 0. The SMILES string of the molecule is NC(Cc1ccc(Br)s1)c1ccc(I)c(Cl)c1. The molecule has 0 radical (unpaired) electrons. The summed E-state index contributed by atoms with van der Waals surface area (Å²) in [6.07, 6.45) is 0.840. The second-order valence-electron chi connectivity index (χ2n) is 3.69. The van der Waals surface area contributed by atoms with Gasteiger partial charge >= 0.3 is 0 Å². The normalized spacial score (nSPS) is 12.7. The largest absolute Gasteiger partial charge is 0.324 e. The summed E-state index contributed by atoms with van der Waals surface area (Å²) in [7, 11) is 0. The molecule has 0 saturated heterocycles. The van der Waals surface area contributed by atoms with E-state index in [2.05, 4.69) is 44.6 Å². The lowest BCUT2D eigenvalue weighted by molar-refractivity contribution is 0.730. The first-order valence-electron chi connectivity index (χ1n) is 5.01. The van der Waals surface area contributed by atoms with Crippen molar-refractivity contribution in [2.45, 2.75) is 12.5 Å². The zero-order valence-corrected chi connectivity index (χ0v) is 14.1. The quantitative estimate of drug-likeness (QED) is 0.665. The molecule has 0 bridgehead atoms. The maximum Gasteiger partial charge on any atom is 0.0701 e. The van der Waals surface area contributed by atoms with Gasteiger partial charge in [-0.25, -0.2) is 0 Å². The molecular weight excluding hydrogens is 432 g/mol. The molecule has 2 aromatic rings.